The van der Waals surface area contributed by atoms with E-state index in [-0.39, 0.29) is 0 Å². The van der Waals surface area contributed by atoms with E-state index < -0.39 is 0 Å². The van der Waals surface area contributed by atoms with E-state index in [0.717, 1.165) is 25.3 Å². The van der Waals surface area contributed by atoms with Crippen LogP contribution in [0.5, 0.6) is 0 Å². The van der Waals surface area contributed by atoms with Gasteiger partial charge in [0, 0.05) is 24.0 Å². The Kier molecular flexibility index (Phi) is 6.01. The van der Waals surface area contributed by atoms with E-state index in [1.165, 1.54) is 12.0 Å². The van der Waals surface area contributed by atoms with E-state index in [4.69, 9.17) is 0 Å². The average molecular weight is 221 g/mol. The Morgan fingerprint density at radius 2 is 1.88 bits per heavy atom. The zero-order chi connectivity index (χ0) is 11.8. The van der Waals surface area contributed by atoms with Crippen LogP contribution in [0, 0.1) is 5.92 Å². The molecule has 0 bridgehead atoms. The van der Waals surface area contributed by atoms with Gasteiger partial charge in [-0.25, -0.2) is 9.97 Å². The maximum Gasteiger partial charge on any atom is 0.115 e. The van der Waals surface area contributed by atoms with Gasteiger partial charge in [-0.3, -0.25) is 0 Å². The summed E-state index contributed by atoms with van der Waals surface area (Å²) in [7, 11) is 0. The van der Waals surface area contributed by atoms with Gasteiger partial charge in [0.1, 0.15) is 6.33 Å². The van der Waals surface area contributed by atoms with Gasteiger partial charge in [0.2, 0.25) is 0 Å². The van der Waals surface area contributed by atoms with Crippen molar-refractivity contribution in [2.75, 3.05) is 6.54 Å². The molecule has 0 fully saturated rings. The molecule has 0 aliphatic heterocycles. The van der Waals surface area contributed by atoms with Gasteiger partial charge in [0.15, 0.2) is 0 Å². The van der Waals surface area contributed by atoms with Gasteiger partial charge < -0.3 is 5.32 Å². The Bertz CT molecular complexity index is 272. The fourth-order valence-corrected chi connectivity index (χ4v) is 1.70. The highest BCUT2D eigenvalue weighted by molar-refractivity contribution is 5.08. The van der Waals surface area contributed by atoms with Crippen LogP contribution in [-0.2, 0) is 0 Å². The van der Waals surface area contributed by atoms with Crippen molar-refractivity contribution in [3.63, 3.8) is 0 Å². The zero-order valence-electron chi connectivity index (χ0n) is 10.6. The zero-order valence-corrected chi connectivity index (χ0v) is 10.6. The molecule has 1 N–H and O–H groups in total. The largest absolute Gasteiger partial charge is 0.310 e. The predicted molar refractivity (Wildman–Crippen MR) is 67.1 cm³/mol. The van der Waals surface area contributed by atoms with Crippen LogP contribution < -0.4 is 5.32 Å². The second-order valence-corrected chi connectivity index (χ2v) is 4.65. The molecule has 16 heavy (non-hydrogen) atoms. The molecule has 1 atom stereocenters. The quantitative estimate of drug-likeness (QED) is 0.769. The summed E-state index contributed by atoms with van der Waals surface area (Å²) in [6.07, 6.45) is 8.97. The van der Waals surface area contributed by atoms with Crippen LogP contribution in [0.15, 0.2) is 18.7 Å². The van der Waals surface area contributed by atoms with Gasteiger partial charge in [-0.05, 0) is 31.7 Å². The van der Waals surface area contributed by atoms with E-state index in [0.29, 0.717) is 6.04 Å². The number of hydrogen-bond donors (Lipinski definition) is 1. The number of nitrogens with one attached hydrogen (secondary N) is 1. The first-order valence-corrected chi connectivity index (χ1v) is 6.22. The molecule has 1 rings (SSSR count). The summed E-state index contributed by atoms with van der Waals surface area (Å²) >= 11 is 0. The third-order valence-corrected chi connectivity index (χ3v) is 2.66. The molecule has 0 aliphatic rings. The second kappa shape index (κ2) is 7.34. The Balaban J connectivity index is 2.56. The van der Waals surface area contributed by atoms with Crippen LogP contribution >= 0.6 is 0 Å². The second-order valence-electron chi connectivity index (χ2n) is 4.65. The van der Waals surface area contributed by atoms with Crippen molar-refractivity contribution >= 4 is 0 Å². The highest BCUT2D eigenvalue weighted by Gasteiger charge is 2.11. The van der Waals surface area contributed by atoms with Gasteiger partial charge in [-0.1, -0.05) is 20.8 Å². The van der Waals surface area contributed by atoms with Gasteiger partial charge in [-0.2, -0.15) is 0 Å². The van der Waals surface area contributed by atoms with E-state index in [9.17, 15) is 0 Å². The molecule has 1 aromatic heterocycles. The van der Waals surface area contributed by atoms with E-state index in [1.807, 2.05) is 12.4 Å². The topological polar surface area (TPSA) is 37.8 Å². The van der Waals surface area contributed by atoms with Crippen molar-refractivity contribution in [3.05, 3.63) is 24.3 Å². The molecule has 1 heterocycles. The fraction of sp³-hybridized carbons (Fsp3) is 0.692. The van der Waals surface area contributed by atoms with Gasteiger partial charge in [0.25, 0.3) is 0 Å². The highest BCUT2D eigenvalue weighted by Crippen LogP contribution is 2.19. The smallest absolute Gasteiger partial charge is 0.115 e. The standard InChI is InChI=1S/C13H23N3/c1-4-7-16-13(6-5-11(2)3)12-8-14-10-15-9-12/h8-11,13,16H,4-7H2,1-3H3. The SMILES string of the molecule is CCCNC(CCC(C)C)c1cncnc1. The molecular weight excluding hydrogens is 198 g/mol. The van der Waals surface area contributed by atoms with E-state index >= 15 is 0 Å². The molecule has 0 aromatic carbocycles. The summed E-state index contributed by atoms with van der Waals surface area (Å²) in [4.78, 5) is 8.18. The molecule has 0 saturated heterocycles. The maximum atomic E-state index is 4.09. The van der Waals surface area contributed by atoms with Gasteiger partial charge in [-0.15, -0.1) is 0 Å². The third-order valence-electron chi connectivity index (χ3n) is 2.66. The third kappa shape index (κ3) is 4.71. The maximum absolute atomic E-state index is 4.09. The molecular formula is C13H23N3. The Hall–Kier alpha value is -0.960. The minimum atomic E-state index is 0.406. The van der Waals surface area contributed by atoms with Gasteiger partial charge in [0.05, 0.1) is 0 Å². The van der Waals surface area contributed by atoms with Crippen molar-refractivity contribution in [3.8, 4) is 0 Å². The molecule has 3 nitrogen and oxygen atoms in total. The van der Waals surface area contributed by atoms with Gasteiger partial charge >= 0.3 is 0 Å². The number of aromatic nitrogens is 2. The molecule has 0 saturated carbocycles. The van der Waals surface area contributed by atoms with Crippen LogP contribution in [0.1, 0.15) is 51.6 Å². The average Bonchev–Trinajstić information content (AvgIpc) is 2.30. The molecule has 0 spiro atoms. The first-order valence-electron chi connectivity index (χ1n) is 6.22. The fourth-order valence-electron chi connectivity index (χ4n) is 1.70. The normalized spacial score (nSPS) is 13.0. The lowest BCUT2D eigenvalue weighted by atomic mass is 9.99. The van der Waals surface area contributed by atoms with Crippen molar-refractivity contribution < 1.29 is 0 Å². The van der Waals surface area contributed by atoms with Crippen LogP contribution in [0.25, 0.3) is 0 Å². The molecule has 90 valence electrons. The summed E-state index contributed by atoms with van der Waals surface area (Å²) in [5.41, 5.74) is 1.21. The summed E-state index contributed by atoms with van der Waals surface area (Å²) in [6.45, 7) is 7.77. The number of hydrogen-bond acceptors (Lipinski definition) is 3. The summed E-state index contributed by atoms with van der Waals surface area (Å²) < 4.78 is 0. The van der Waals surface area contributed by atoms with E-state index in [2.05, 4.69) is 36.1 Å². The summed E-state index contributed by atoms with van der Waals surface area (Å²) in [6, 6.07) is 0.406. The molecule has 1 aromatic rings. The molecule has 1 unspecified atom stereocenters. The van der Waals surface area contributed by atoms with Crippen molar-refractivity contribution in [2.45, 2.75) is 46.1 Å². The van der Waals surface area contributed by atoms with Crippen molar-refractivity contribution in [1.29, 1.82) is 0 Å². The molecule has 0 aliphatic carbocycles. The first-order chi connectivity index (χ1) is 7.74. The lowest BCUT2D eigenvalue weighted by molar-refractivity contribution is 0.439. The van der Waals surface area contributed by atoms with Crippen molar-refractivity contribution in [1.82, 2.24) is 15.3 Å². The summed E-state index contributed by atoms with van der Waals surface area (Å²) in [5, 5.41) is 3.56. The lowest BCUT2D eigenvalue weighted by Gasteiger charge is -2.19. The number of rotatable bonds is 7. The van der Waals surface area contributed by atoms with Crippen LogP contribution in [0.4, 0.5) is 0 Å². The lowest BCUT2D eigenvalue weighted by Crippen LogP contribution is -2.22. The minimum absolute atomic E-state index is 0.406. The van der Waals surface area contributed by atoms with Crippen LogP contribution in [-0.4, -0.2) is 16.5 Å². The summed E-state index contributed by atoms with van der Waals surface area (Å²) in [5.74, 6) is 0.746. The molecule has 3 heteroatoms. The van der Waals surface area contributed by atoms with Crippen molar-refractivity contribution in [2.24, 2.45) is 5.92 Å². The van der Waals surface area contributed by atoms with Crippen LogP contribution in [0.3, 0.4) is 0 Å². The van der Waals surface area contributed by atoms with Crippen LogP contribution in [0.2, 0.25) is 0 Å². The Labute approximate surface area is 98.7 Å². The monoisotopic (exact) mass is 221 g/mol. The molecule has 0 amide bonds. The van der Waals surface area contributed by atoms with E-state index in [1.54, 1.807) is 6.33 Å². The highest BCUT2D eigenvalue weighted by atomic mass is 14.9. The Morgan fingerprint density at radius 3 is 2.44 bits per heavy atom. The minimum Gasteiger partial charge on any atom is -0.310 e. The Morgan fingerprint density at radius 1 is 1.19 bits per heavy atom. The molecule has 0 radical (unpaired) electrons. The first kappa shape index (κ1) is 13.1. The number of nitrogens with zero attached hydrogens (tertiary/aromatic N) is 2. The predicted octanol–water partition coefficient (Wildman–Crippen LogP) is 2.95.